The second-order valence-corrected chi connectivity index (χ2v) is 6.56. The van der Waals surface area contributed by atoms with Crippen molar-refractivity contribution in [3.05, 3.63) is 23.0 Å². The molecule has 0 aromatic carbocycles. The molecule has 2 aliphatic carbocycles. The van der Waals surface area contributed by atoms with Gasteiger partial charge in [-0.15, -0.1) is 0 Å². The summed E-state index contributed by atoms with van der Waals surface area (Å²) in [5, 5.41) is 10.2. The fourth-order valence-corrected chi connectivity index (χ4v) is 4.28. The molecule has 1 saturated carbocycles. The van der Waals surface area contributed by atoms with Gasteiger partial charge in [-0.2, -0.15) is 0 Å². The maximum absolute atomic E-state index is 10.2. The zero-order chi connectivity index (χ0) is 13.4. The highest BCUT2D eigenvalue weighted by Crippen LogP contribution is 2.40. The minimum absolute atomic E-state index is 0.214. The molecule has 0 amide bonds. The zero-order valence-electron chi connectivity index (χ0n) is 12.4. The minimum atomic E-state index is -0.214. The first kappa shape index (κ1) is 13.2. The van der Waals surface area contributed by atoms with Gasteiger partial charge in [-0.3, -0.25) is 0 Å². The normalized spacial score (nSPS) is 31.2. The largest absolute Gasteiger partial charge is 0.388 e. The van der Waals surface area contributed by atoms with Crippen molar-refractivity contribution in [3.8, 4) is 0 Å². The number of aryl methyl sites for hydroxylation is 1. The van der Waals surface area contributed by atoms with Gasteiger partial charge in [0.25, 0.3) is 0 Å². The summed E-state index contributed by atoms with van der Waals surface area (Å²) in [5.41, 5.74) is 4.04. The summed E-state index contributed by atoms with van der Waals surface area (Å²) >= 11 is 0. The lowest BCUT2D eigenvalue weighted by molar-refractivity contribution is 0.154. The highest BCUT2D eigenvalue weighted by atomic mass is 16.3. The summed E-state index contributed by atoms with van der Waals surface area (Å²) in [6.45, 7) is 4.55. The van der Waals surface area contributed by atoms with Crippen molar-refractivity contribution >= 4 is 0 Å². The van der Waals surface area contributed by atoms with Crippen molar-refractivity contribution in [1.29, 1.82) is 0 Å². The van der Waals surface area contributed by atoms with Gasteiger partial charge in [-0.05, 0) is 51.0 Å². The minimum Gasteiger partial charge on any atom is -0.388 e. The van der Waals surface area contributed by atoms with Crippen molar-refractivity contribution in [2.24, 2.45) is 5.92 Å². The smallest absolute Gasteiger partial charge is 0.0807 e. The third kappa shape index (κ3) is 2.35. The van der Waals surface area contributed by atoms with E-state index < -0.39 is 0 Å². The van der Waals surface area contributed by atoms with E-state index in [9.17, 15) is 5.11 Å². The number of aliphatic hydroxyl groups excluding tert-OH is 1. The van der Waals surface area contributed by atoms with Gasteiger partial charge < -0.3 is 9.67 Å². The maximum atomic E-state index is 10.2. The van der Waals surface area contributed by atoms with Crippen LogP contribution in [0.25, 0.3) is 0 Å². The molecule has 3 atom stereocenters. The number of hydrogen-bond donors (Lipinski definition) is 1. The summed E-state index contributed by atoms with van der Waals surface area (Å²) in [6, 6.07) is 2.93. The van der Waals surface area contributed by atoms with Crippen molar-refractivity contribution in [1.82, 2.24) is 4.57 Å². The molecule has 0 spiro atoms. The van der Waals surface area contributed by atoms with E-state index >= 15 is 0 Å². The average Bonchev–Trinajstić information content (AvgIpc) is 2.77. The Bertz CT molecular complexity index is 448. The van der Waals surface area contributed by atoms with Gasteiger partial charge in [-0.25, -0.2) is 0 Å². The van der Waals surface area contributed by atoms with Crippen molar-refractivity contribution in [2.75, 3.05) is 0 Å². The molecule has 0 bridgehead atoms. The van der Waals surface area contributed by atoms with Crippen molar-refractivity contribution in [2.45, 2.75) is 77.4 Å². The van der Waals surface area contributed by atoms with E-state index in [4.69, 9.17) is 0 Å². The van der Waals surface area contributed by atoms with Gasteiger partial charge in [0.1, 0.15) is 0 Å². The molecule has 2 heteroatoms. The molecule has 3 unspecified atom stereocenters. The zero-order valence-corrected chi connectivity index (χ0v) is 12.4. The Hall–Kier alpha value is -0.760. The summed E-state index contributed by atoms with van der Waals surface area (Å²) in [5.74, 6) is 0.907. The van der Waals surface area contributed by atoms with E-state index in [1.807, 2.05) is 0 Å². The third-order valence-corrected chi connectivity index (χ3v) is 5.32. The Kier molecular flexibility index (Phi) is 3.70. The quantitative estimate of drug-likeness (QED) is 0.843. The molecule has 0 aliphatic heterocycles. The molecule has 0 saturated heterocycles. The van der Waals surface area contributed by atoms with Gasteiger partial charge >= 0.3 is 0 Å². The van der Waals surface area contributed by atoms with Crippen LogP contribution in [0.5, 0.6) is 0 Å². The lowest BCUT2D eigenvalue weighted by Crippen LogP contribution is -2.22. The van der Waals surface area contributed by atoms with Crippen LogP contribution in [-0.4, -0.2) is 9.67 Å². The van der Waals surface area contributed by atoms with Crippen molar-refractivity contribution in [3.63, 3.8) is 0 Å². The van der Waals surface area contributed by atoms with Gasteiger partial charge in [-0.1, -0.05) is 26.2 Å². The lowest BCUT2D eigenvalue weighted by Gasteiger charge is -2.33. The summed E-state index contributed by atoms with van der Waals surface area (Å²) in [4.78, 5) is 0. The summed E-state index contributed by atoms with van der Waals surface area (Å²) < 4.78 is 2.58. The first-order valence-corrected chi connectivity index (χ1v) is 8.09. The molecule has 1 aromatic heterocycles. The maximum Gasteiger partial charge on any atom is 0.0807 e. The monoisotopic (exact) mass is 261 g/mol. The van der Waals surface area contributed by atoms with E-state index in [0.29, 0.717) is 6.04 Å². The molecule has 1 N–H and O–H groups in total. The number of hydrogen-bond acceptors (Lipinski definition) is 1. The Morgan fingerprint density at radius 2 is 2.11 bits per heavy atom. The molecule has 1 fully saturated rings. The Balaban J connectivity index is 1.92. The lowest BCUT2D eigenvalue weighted by atomic mass is 9.83. The highest BCUT2D eigenvalue weighted by Gasteiger charge is 2.29. The highest BCUT2D eigenvalue weighted by molar-refractivity contribution is 5.32. The van der Waals surface area contributed by atoms with E-state index in [1.165, 1.54) is 49.1 Å². The van der Waals surface area contributed by atoms with Crippen LogP contribution < -0.4 is 0 Å². The number of fused-ring (bicyclic) bond motifs is 1. The number of nitrogens with zero attached hydrogens (tertiary/aromatic N) is 1. The van der Waals surface area contributed by atoms with Crippen LogP contribution in [0, 0.1) is 12.8 Å². The molecular formula is C17H27NO. The second kappa shape index (κ2) is 5.32. The van der Waals surface area contributed by atoms with Crippen LogP contribution in [0.3, 0.4) is 0 Å². The molecule has 1 heterocycles. The molecule has 106 valence electrons. The van der Waals surface area contributed by atoms with Crippen LogP contribution in [0.1, 0.15) is 81.0 Å². The van der Waals surface area contributed by atoms with Crippen LogP contribution in [-0.2, 0) is 6.42 Å². The van der Waals surface area contributed by atoms with E-state index in [0.717, 1.165) is 25.2 Å². The van der Waals surface area contributed by atoms with Crippen LogP contribution in [0.4, 0.5) is 0 Å². The van der Waals surface area contributed by atoms with Gasteiger partial charge in [0.2, 0.25) is 0 Å². The van der Waals surface area contributed by atoms with Crippen LogP contribution in [0.2, 0.25) is 0 Å². The number of aliphatic hydroxyl groups is 1. The van der Waals surface area contributed by atoms with Gasteiger partial charge in [0, 0.05) is 23.0 Å². The van der Waals surface area contributed by atoms with Gasteiger partial charge in [0.15, 0.2) is 0 Å². The average molecular weight is 261 g/mol. The van der Waals surface area contributed by atoms with Crippen molar-refractivity contribution < 1.29 is 5.11 Å². The SMILES string of the molecule is CCC1CCCC(n2c(C)cc3c2CCCC3O)C1. The summed E-state index contributed by atoms with van der Waals surface area (Å²) in [6.07, 6.45) is 9.81. The molecule has 2 nitrogen and oxygen atoms in total. The number of aromatic nitrogens is 1. The topological polar surface area (TPSA) is 25.2 Å². The molecule has 1 aromatic rings. The second-order valence-electron chi connectivity index (χ2n) is 6.56. The fraction of sp³-hybridized carbons (Fsp3) is 0.765. The predicted octanol–water partition coefficient (Wildman–Crippen LogP) is 4.31. The van der Waals surface area contributed by atoms with Crippen LogP contribution in [0.15, 0.2) is 6.07 Å². The Morgan fingerprint density at radius 1 is 1.26 bits per heavy atom. The van der Waals surface area contributed by atoms with Crippen LogP contribution >= 0.6 is 0 Å². The molecular weight excluding hydrogens is 234 g/mol. The Morgan fingerprint density at radius 3 is 2.89 bits per heavy atom. The summed E-state index contributed by atoms with van der Waals surface area (Å²) in [7, 11) is 0. The van der Waals surface area contributed by atoms with E-state index in [2.05, 4.69) is 24.5 Å². The Labute approximate surface area is 116 Å². The predicted molar refractivity (Wildman–Crippen MR) is 78.4 cm³/mol. The van der Waals surface area contributed by atoms with E-state index in [1.54, 1.807) is 0 Å². The standard InChI is InChI=1S/C17H27NO/c1-3-13-6-4-7-14(11-13)18-12(2)10-15-16(18)8-5-9-17(15)19/h10,13-14,17,19H,3-9,11H2,1-2H3. The fourth-order valence-electron chi connectivity index (χ4n) is 4.28. The number of rotatable bonds is 2. The van der Waals surface area contributed by atoms with E-state index in [-0.39, 0.29) is 6.10 Å². The first-order chi connectivity index (χ1) is 9.20. The van der Waals surface area contributed by atoms with Gasteiger partial charge in [0.05, 0.1) is 6.10 Å². The molecule has 3 rings (SSSR count). The molecule has 19 heavy (non-hydrogen) atoms. The molecule has 0 radical (unpaired) electrons. The molecule has 2 aliphatic rings. The third-order valence-electron chi connectivity index (χ3n) is 5.32. The first-order valence-electron chi connectivity index (χ1n) is 8.09.